The summed E-state index contributed by atoms with van der Waals surface area (Å²) < 4.78 is 18.8. The van der Waals surface area contributed by atoms with Gasteiger partial charge in [-0.25, -0.2) is 9.18 Å². The van der Waals surface area contributed by atoms with E-state index in [2.05, 4.69) is 0 Å². The van der Waals surface area contributed by atoms with Crippen molar-refractivity contribution in [2.75, 3.05) is 6.61 Å². The molecule has 1 amide bonds. The first kappa shape index (κ1) is 15.4. The minimum Gasteiger partial charge on any atom is -0.444 e. The normalized spacial score (nSPS) is 13.1. The number of hydrogen-bond acceptors (Lipinski definition) is 3. The van der Waals surface area contributed by atoms with Crippen LogP contribution in [0, 0.1) is 12.7 Å². The average Bonchev–Trinajstić information content (AvgIpc) is 2.27. The summed E-state index contributed by atoms with van der Waals surface area (Å²) in [5, 5.41) is 9.45. The molecule has 4 nitrogen and oxygen atoms in total. The van der Waals surface area contributed by atoms with Crippen molar-refractivity contribution in [3.05, 3.63) is 35.1 Å². The van der Waals surface area contributed by atoms with Crippen LogP contribution in [0.1, 0.15) is 37.3 Å². The molecule has 1 atom stereocenters. The van der Waals surface area contributed by atoms with Crippen LogP contribution in [0.15, 0.2) is 18.2 Å². The maximum absolute atomic E-state index is 13.8. The average molecular weight is 269 g/mol. The van der Waals surface area contributed by atoms with Gasteiger partial charge in [-0.1, -0.05) is 17.7 Å². The summed E-state index contributed by atoms with van der Waals surface area (Å²) in [6.07, 6.45) is -0.598. The van der Waals surface area contributed by atoms with Crippen molar-refractivity contribution < 1.29 is 19.0 Å². The van der Waals surface area contributed by atoms with Gasteiger partial charge in [-0.3, -0.25) is 0 Å². The Morgan fingerprint density at radius 2 is 2.16 bits per heavy atom. The number of rotatable bonds is 5. The van der Waals surface area contributed by atoms with Gasteiger partial charge in [-0.2, -0.15) is 0 Å². The zero-order valence-electron chi connectivity index (χ0n) is 11.4. The van der Waals surface area contributed by atoms with Gasteiger partial charge in [0.15, 0.2) is 0 Å². The lowest BCUT2D eigenvalue weighted by atomic mass is 9.87. The number of amides is 1. The van der Waals surface area contributed by atoms with E-state index < -0.39 is 17.6 Å². The number of primary amides is 1. The molecular formula is C14H20FNO3. The van der Waals surface area contributed by atoms with Gasteiger partial charge in [0.05, 0.1) is 6.61 Å². The second-order valence-corrected chi connectivity index (χ2v) is 5.29. The zero-order chi connectivity index (χ0) is 14.6. The number of hydrogen-bond donors (Lipinski definition) is 2. The Labute approximate surface area is 112 Å². The molecule has 106 valence electrons. The third kappa shape index (κ3) is 4.52. The summed E-state index contributed by atoms with van der Waals surface area (Å²) in [4.78, 5) is 10.8. The van der Waals surface area contributed by atoms with Gasteiger partial charge in [-0.15, -0.1) is 0 Å². The van der Waals surface area contributed by atoms with E-state index in [1.165, 1.54) is 6.07 Å². The van der Waals surface area contributed by atoms with Gasteiger partial charge >= 0.3 is 6.09 Å². The highest BCUT2D eigenvalue weighted by molar-refractivity contribution is 5.65. The molecule has 3 N–H and O–H groups in total. The summed E-state index contributed by atoms with van der Waals surface area (Å²) in [5.74, 6) is -0.825. The largest absolute Gasteiger partial charge is 0.444 e. The summed E-state index contributed by atoms with van der Waals surface area (Å²) in [6.45, 7) is 4.97. The highest BCUT2D eigenvalue weighted by atomic mass is 19.1. The van der Waals surface area contributed by atoms with Gasteiger partial charge in [-0.05, 0) is 38.8 Å². The number of aliphatic hydroxyl groups is 1. The van der Waals surface area contributed by atoms with Crippen molar-refractivity contribution in [2.45, 2.75) is 38.7 Å². The molecule has 5 heteroatoms. The van der Waals surface area contributed by atoms with Gasteiger partial charge in [0.2, 0.25) is 0 Å². The van der Waals surface area contributed by atoms with Crippen LogP contribution in [0.3, 0.4) is 0 Å². The van der Waals surface area contributed by atoms with Crippen LogP contribution in [0.2, 0.25) is 0 Å². The van der Waals surface area contributed by atoms with Crippen molar-refractivity contribution in [3.8, 4) is 0 Å². The van der Waals surface area contributed by atoms with Crippen LogP contribution in [0.4, 0.5) is 9.18 Å². The van der Waals surface area contributed by atoms with E-state index in [-0.39, 0.29) is 18.8 Å². The van der Waals surface area contributed by atoms with Crippen molar-refractivity contribution in [2.24, 2.45) is 5.73 Å². The van der Waals surface area contributed by atoms with E-state index in [1.807, 2.05) is 6.92 Å². The molecular weight excluding hydrogens is 249 g/mol. The van der Waals surface area contributed by atoms with Gasteiger partial charge in [0, 0.05) is 5.92 Å². The first-order valence-corrected chi connectivity index (χ1v) is 6.10. The Hall–Kier alpha value is -1.62. The van der Waals surface area contributed by atoms with Crippen LogP contribution in [0.25, 0.3) is 0 Å². The Bertz CT molecular complexity index is 460. The highest BCUT2D eigenvalue weighted by Gasteiger charge is 2.28. The molecule has 0 aromatic heterocycles. The topological polar surface area (TPSA) is 72.6 Å². The van der Waals surface area contributed by atoms with Crippen LogP contribution in [0.5, 0.6) is 0 Å². The van der Waals surface area contributed by atoms with E-state index in [0.717, 1.165) is 5.56 Å². The number of carbonyl (C=O) groups is 1. The summed E-state index contributed by atoms with van der Waals surface area (Å²) in [5.41, 5.74) is 5.45. The quantitative estimate of drug-likeness (QED) is 0.862. The number of carbonyl (C=O) groups excluding carboxylic acids is 1. The second kappa shape index (κ2) is 6.02. The molecule has 1 rings (SSSR count). The molecule has 19 heavy (non-hydrogen) atoms. The lowest BCUT2D eigenvalue weighted by molar-refractivity contribution is 0.0282. The molecule has 0 spiro atoms. The van der Waals surface area contributed by atoms with Crippen LogP contribution in [-0.4, -0.2) is 23.4 Å². The second-order valence-electron chi connectivity index (χ2n) is 5.29. The predicted octanol–water partition coefficient (Wildman–Crippen LogP) is 2.47. The summed E-state index contributed by atoms with van der Waals surface area (Å²) in [6, 6.07) is 4.73. The Kier molecular flexibility index (Phi) is 4.89. The summed E-state index contributed by atoms with van der Waals surface area (Å²) >= 11 is 0. The molecule has 0 bridgehead atoms. The van der Waals surface area contributed by atoms with Crippen LogP contribution >= 0.6 is 0 Å². The summed E-state index contributed by atoms with van der Waals surface area (Å²) in [7, 11) is 0. The number of benzene rings is 1. The number of aliphatic hydroxyl groups excluding tert-OH is 1. The van der Waals surface area contributed by atoms with Gasteiger partial charge in [0.1, 0.15) is 11.4 Å². The fourth-order valence-corrected chi connectivity index (χ4v) is 2.16. The third-order valence-corrected chi connectivity index (χ3v) is 2.93. The number of nitrogens with two attached hydrogens (primary N) is 1. The van der Waals surface area contributed by atoms with Crippen LogP contribution in [-0.2, 0) is 4.74 Å². The van der Waals surface area contributed by atoms with E-state index in [4.69, 9.17) is 10.5 Å². The molecule has 0 saturated heterocycles. The lowest BCUT2D eigenvalue weighted by Gasteiger charge is -2.28. The van der Waals surface area contributed by atoms with Crippen molar-refractivity contribution in [1.82, 2.24) is 0 Å². The molecule has 0 heterocycles. The van der Waals surface area contributed by atoms with Crippen molar-refractivity contribution in [3.63, 3.8) is 0 Å². The van der Waals surface area contributed by atoms with Crippen LogP contribution < -0.4 is 5.73 Å². The zero-order valence-corrected chi connectivity index (χ0v) is 11.4. The molecule has 0 fully saturated rings. The van der Waals surface area contributed by atoms with Crippen molar-refractivity contribution in [1.29, 1.82) is 0 Å². The number of halogens is 1. The third-order valence-electron chi connectivity index (χ3n) is 2.93. The number of aryl methyl sites for hydroxylation is 1. The molecule has 0 radical (unpaired) electrons. The van der Waals surface area contributed by atoms with E-state index >= 15 is 0 Å². The first-order chi connectivity index (χ1) is 8.75. The minimum atomic E-state index is -0.883. The molecule has 1 unspecified atom stereocenters. The standard InChI is InChI=1S/C14H20FNO3/c1-9-4-5-12(15)11(6-9)10(8-17)7-14(2,3)19-13(16)18/h4-6,10,17H,7-8H2,1-3H3,(H2,16,18). The molecule has 1 aromatic carbocycles. The van der Waals surface area contributed by atoms with E-state index in [1.54, 1.807) is 26.0 Å². The molecule has 0 aliphatic heterocycles. The van der Waals surface area contributed by atoms with Gasteiger partial charge < -0.3 is 15.6 Å². The SMILES string of the molecule is Cc1ccc(F)c(C(CO)CC(C)(C)OC(N)=O)c1. The maximum Gasteiger partial charge on any atom is 0.405 e. The molecule has 0 saturated carbocycles. The molecule has 1 aromatic rings. The minimum absolute atomic E-state index is 0.230. The predicted molar refractivity (Wildman–Crippen MR) is 70.3 cm³/mol. The smallest absolute Gasteiger partial charge is 0.405 e. The molecule has 0 aliphatic rings. The monoisotopic (exact) mass is 269 g/mol. The fraction of sp³-hybridized carbons (Fsp3) is 0.500. The van der Waals surface area contributed by atoms with E-state index in [0.29, 0.717) is 5.56 Å². The highest BCUT2D eigenvalue weighted by Crippen LogP contribution is 2.30. The Balaban J connectivity index is 2.95. The van der Waals surface area contributed by atoms with E-state index in [9.17, 15) is 14.3 Å². The lowest BCUT2D eigenvalue weighted by Crippen LogP contribution is -2.33. The Morgan fingerprint density at radius 3 is 2.68 bits per heavy atom. The van der Waals surface area contributed by atoms with Crippen molar-refractivity contribution >= 4 is 6.09 Å². The molecule has 0 aliphatic carbocycles. The Morgan fingerprint density at radius 1 is 1.53 bits per heavy atom. The maximum atomic E-state index is 13.8. The first-order valence-electron chi connectivity index (χ1n) is 6.10. The van der Waals surface area contributed by atoms with Gasteiger partial charge in [0.25, 0.3) is 0 Å². The fourth-order valence-electron chi connectivity index (χ4n) is 2.16. The number of ether oxygens (including phenoxy) is 1.